The van der Waals surface area contributed by atoms with Gasteiger partial charge in [-0.1, -0.05) is 29.8 Å². The van der Waals surface area contributed by atoms with Crippen molar-refractivity contribution in [2.24, 2.45) is 0 Å². The number of hydrogen-bond acceptors (Lipinski definition) is 9. The lowest BCUT2D eigenvalue weighted by Crippen LogP contribution is -2.16. The number of aryl methyl sites for hydroxylation is 2. The second kappa shape index (κ2) is 8.96. The summed E-state index contributed by atoms with van der Waals surface area (Å²) in [4.78, 5) is 17.7. The van der Waals surface area contributed by atoms with Gasteiger partial charge in [0.2, 0.25) is 11.6 Å². The number of ether oxygens (including phenoxy) is 1. The zero-order valence-electron chi connectivity index (χ0n) is 19.7. The van der Waals surface area contributed by atoms with Crippen LogP contribution >= 0.6 is 0 Å². The quantitative estimate of drug-likeness (QED) is 0.307. The third kappa shape index (κ3) is 4.11. The Morgan fingerprint density at radius 1 is 1.03 bits per heavy atom. The molecule has 0 radical (unpaired) electrons. The Morgan fingerprint density at radius 2 is 1.75 bits per heavy atom. The van der Waals surface area contributed by atoms with Crippen LogP contribution in [0, 0.1) is 13.8 Å². The first-order valence-corrected chi connectivity index (χ1v) is 12.3. The number of ketones is 1. The smallest absolute Gasteiger partial charge is 0.283 e. The van der Waals surface area contributed by atoms with Gasteiger partial charge in [-0.15, -0.1) is 5.10 Å². The summed E-state index contributed by atoms with van der Waals surface area (Å²) < 4.78 is 34.1. The number of rotatable bonds is 7. The highest BCUT2D eigenvalue weighted by molar-refractivity contribution is 7.90. The number of methoxy groups -OCH3 is 1. The van der Waals surface area contributed by atoms with Crippen molar-refractivity contribution in [3.05, 3.63) is 89.0 Å². The Balaban J connectivity index is 1.52. The van der Waals surface area contributed by atoms with Gasteiger partial charge in [-0.2, -0.15) is 17.6 Å². The molecule has 12 heteroatoms. The van der Waals surface area contributed by atoms with Crippen LogP contribution in [0.1, 0.15) is 33.0 Å². The van der Waals surface area contributed by atoms with Crippen molar-refractivity contribution in [1.82, 2.24) is 34.4 Å². The summed E-state index contributed by atoms with van der Waals surface area (Å²) in [6.07, 6.45) is 1.37. The fourth-order valence-electron chi connectivity index (χ4n) is 3.74. The molecule has 0 aliphatic heterocycles. The summed E-state index contributed by atoms with van der Waals surface area (Å²) in [5.41, 5.74) is 2.91. The van der Waals surface area contributed by atoms with Crippen molar-refractivity contribution in [3.8, 4) is 5.75 Å². The van der Waals surface area contributed by atoms with E-state index >= 15 is 0 Å². The van der Waals surface area contributed by atoms with E-state index in [0.29, 0.717) is 17.0 Å². The van der Waals surface area contributed by atoms with Crippen LogP contribution in [0.15, 0.2) is 65.7 Å². The summed E-state index contributed by atoms with van der Waals surface area (Å²) in [5, 5.41) is 15.7. The van der Waals surface area contributed by atoms with E-state index < -0.39 is 15.8 Å². The molecule has 0 fully saturated rings. The predicted molar refractivity (Wildman–Crippen MR) is 129 cm³/mol. The highest BCUT2D eigenvalue weighted by Crippen LogP contribution is 2.24. The standard InChI is InChI=1S/C24H21N7O4S/c1-15-4-10-20(11-5-15)36(33,34)31-21-12-18(13-25-22(21)16(2)27-31)23(32)24-26-28-29-30(24)14-17-6-8-19(35-3)9-7-17/h4-13H,14H2,1-3H3. The molecular weight excluding hydrogens is 482 g/mol. The highest BCUT2D eigenvalue weighted by Gasteiger charge is 2.25. The van der Waals surface area contributed by atoms with E-state index in [2.05, 4.69) is 25.6 Å². The maximum atomic E-state index is 13.3. The lowest BCUT2D eigenvalue weighted by molar-refractivity contribution is 0.102. The minimum absolute atomic E-state index is 0.00357. The van der Waals surface area contributed by atoms with Crippen LogP contribution in [0.2, 0.25) is 0 Å². The lowest BCUT2D eigenvalue weighted by atomic mass is 10.1. The minimum atomic E-state index is -4.01. The molecule has 0 aliphatic carbocycles. The molecule has 0 saturated carbocycles. The van der Waals surface area contributed by atoms with E-state index in [1.807, 2.05) is 19.1 Å². The van der Waals surface area contributed by atoms with Gasteiger partial charge >= 0.3 is 0 Å². The van der Waals surface area contributed by atoms with Crippen molar-refractivity contribution in [3.63, 3.8) is 0 Å². The first kappa shape index (κ1) is 23.3. The molecule has 5 rings (SSSR count). The molecule has 182 valence electrons. The van der Waals surface area contributed by atoms with E-state index in [1.165, 1.54) is 29.1 Å². The monoisotopic (exact) mass is 503 g/mol. The van der Waals surface area contributed by atoms with Gasteiger partial charge in [0, 0.05) is 11.8 Å². The number of pyridine rings is 1. The first-order valence-electron chi connectivity index (χ1n) is 10.9. The Morgan fingerprint density at radius 3 is 2.44 bits per heavy atom. The van der Waals surface area contributed by atoms with E-state index in [1.54, 1.807) is 38.3 Å². The SMILES string of the molecule is COc1ccc(Cn2nnnc2C(=O)c2cnc3c(C)nn(S(=O)(=O)c4ccc(C)cc4)c3c2)cc1. The largest absolute Gasteiger partial charge is 0.497 e. The Labute approximate surface area is 206 Å². The molecule has 0 amide bonds. The predicted octanol–water partition coefficient (Wildman–Crippen LogP) is 2.56. The molecule has 11 nitrogen and oxygen atoms in total. The number of fused-ring (bicyclic) bond motifs is 1. The molecule has 3 heterocycles. The molecule has 36 heavy (non-hydrogen) atoms. The topological polar surface area (TPSA) is 135 Å². The van der Waals surface area contributed by atoms with Crippen LogP contribution in [-0.2, 0) is 16.6 Å². The van der Waals surface area contributed by atoms with Crippen LogP contribution < -0.4 is 4.74 Å². The molecule has 3 aromatic heterocycles. The molecule has 0 atom stereocenters. The Hall–Kier alpha value is -4.45. The van der Waals surface area contributed by atoms with Gasteiger partial charge in [-0.25, -0.2) is 4.68 Å². The average molecular weight is 504 g/mol. The number of hydrogen-bond donors (Lipinski definition) is 0. The van der Waals surface area contributed by atoms with Crippen LogP contribution in [0.4, 0.5) is 0 Å². The zero-order valence-corrected chi connectivity index (χ0v) is 20.5. The lowest BCUT2D eigenvalue weighted by Gasteiger charge is -2.07. The second-order valence-electron chi connectivity index (χ2n) is 8.18. The second-order valence-corrected chi connectivity index (χ2v) is 9.94. The Kier molecular flexibility index (Phi) is 5.80. The third-order valence-electron chi connectivity index (χ3n) is 5.69. The van der Waals surface area contributed by atoms with Gasteiger partial charge in [0.25, 0.3) is 10.0 Å². The Bertz CT molecular complexity index is 1690. The third-order valence-corrected chi connectivity index (χ3v) is 7.29. The van der Waals surface area contributed by atoms with Crippen LogP contribution in [0.5, 0.6) is 5.75 Å². The van der Waals surface area contributed by atoms with Crippen molar-refractivity contribution < 1.29 is 17.9 Å². The van der Waals surface area contributed by atoms with Crippen molar-refractivity contribution in [2.45, 2.75) is 25.3 Å². The first-order chi connectivity index (χ1) is 17.3. The molecule has 2 aromatic carbocycles. The maximum absolute atomic E-state index is 13.3. The van der Waals surface area contributed by atoms with E-state index in [9.17, 15) is 13.2 Å². The van der Waals surface area contributed by atoms with E-state index in [-0.39, 0.29) is 28.3 Å². The number of benzene rings is 2. The van der Waals surface area contributed by atoms with Gasteiger partial charge in [-0.3, -0.25) is 9.78 Å². The van der Waals surface area contributed by atoms with Gasteiger partial charge in [0.1, 0.15) is 16.8 Å². The number of carbonyl (C=O) groups excluding carboxylic acids is 1. The molecule has 0 aliphatic rings. The highest BCUT2D eigenvalue weighted by atomic mass is 32.2. The number of aromatic nitrogens is 7. The van der Waals surface area contributed by atoms with Crippen LogP contribution in [0.3, 0.4) is 0 Å². The summed E-state index contributed by atoms with van der Waals surface area (Å²) in [7, 11) is -2.43. The van der Waals surface area contributed by atoms with E-state index in [4.69, 9.17) is 4.74 Å². The molecule has 0 bridgehead atoms. The van der Waals surface area contributed by atoms with Crippen molar-refractivity contribution in [1.29, 1.82) is 0 Å². The van der Waals surface area contributed by atoms with Gasteiger partial charge < -0.3 is 4.74 Å². The average Bonchev–Trinajstić information content (AvgIpc) is 3.48. The fourth-order valence-corrected chi connectivity index (χ4v) is 5.05. The summed E-state index contributed by atoms with van der Waals surface area (Å²) in [6.45, 7) is 3.79. The molecule has 5 aromatic rings. The van der Waals surface area contributed by atoms with Gasteiger partial charge in [0.05, 0.1) is 24.2 Å². The van der Waals surface area contributed by atoms with Gasteiger partial charge in [0.15, 0.2) is 0 Å². The van der Waals surface area contributed by atoms with Crippen LogP contribution in [-0.4, -0.2) is 55.7 Å². The molecule has 0 N–H and O–H groups in total. The minimum Gasteiger partial charge on any atom is -0.497 e. The fraction of sp³-hybridized carbons (Fsp3) is 0.167. The van der Waals surface area contributed by atoms with Crippen molar-refractivity contribution >= 4 is 26.8 Å². The number of tetrazole rings is 1. The molecule has 0 spiro atoms. The molecular formula is C24H21N7O4S. The zero-order chi connectivity index (χ0) is 25.4. The summed E-state index contributed by atoms with van der Waals surface area (Å²) in [6, 6.07) is 15.2. The maximum Gasteiger partial charge on any atom is 0.283 e. The normalized spacial score (nSPS) is 11.6. The number of nitrogens with zero attached hydrogens (tertiary/aromatic N) is 7. The molecule has 0 saturated heterocycles. The summed E-state index contributed by atoms with van der Waals surface area (Å²) in [5.74, 6) is 0.204. The van der Waals surface area contributed by atoms with Crippen LogP contribution in [0.25, 0.3) is 11.0 Å². The van der Waals surface area contributed by atoms with Crippen molar-refractivity contribution in [2.75, 3.05) is 7.11 Å². The van der Waals surface area contributed by atoms with Gasteiger partial charge in [-0.05, 0) is 60.2 Å². The summed E-state index contributed by atoms with van der Waals surface area (Å²) >= 11 is 0. The number of carbonyl (C=O) groups is 1. The van der Waals surface area contributed by atoms with E-state index in [0.717, 1.165) is 15.2 Å². The molecule has 0 unspecified atom stereocenters.